The van der Waals surface area contributed by atoms with E-state index < -0.39 is 0 Å². The quantitative estimate of drug-likeness (QED) is 0.443. The van der Waals surface area contributed by atoms with Gasteiger partial charge in [-0.1, -0.05) is 55.9 Å². The van der Waals surface area contributed by atoms with Crippen LogP contribution >= 0.6 is 11.8 Å². The van der Waals surface area contributed by atoms with Gasteiger partial charge in [0, 0.05) is 17.5 Å². The summed E-state index contributed by atoms with van der Waals surface area (Å²) in [5, 5.41) is 3.16. The molecule has 0 radical (unpaired) electrons. The molecule has 0 saturated heterocycles. The molecule has 0 aliphatic heterocycles. The molecule has 0 aliphatic rings. The number of thioether (sulfide) groups is 1. The van der Waals surface area contributed by atoms with Crippen molar-refractivity contribution in [2.75, 3.05) is 5.32 Å². The number of hydrogen-bond acceptors (Lipinski definition) is 4. The van der Waals surface area contributed by atoms with E-state index in [0.29, 0.717) is 33.8 Å². The van der Waals surface area contributed by atoms with Crippen LogP contribution in [0.4, 0.5) is 10.1 Å². The maximum absolute atomic E-state index is 13.7. The summed E-state index contributed by atoms with van der Waals surface area (Å²) < 4.78 is 13.7. The summed E-state index contributed by atoms with van der Waals surface area (Å²) in [6, 6.07) is 15.4. The summed E-state index contributed by atoms with van der Waals surface area (Å²) in [7, 11) is 0. The van der Waals surface area contributed by atoms with Crippen LogP contribution in [0.25, 0.3) is 0 Å². The van der Waals surface area contributed by atoms with Gasteiger partial charge >= 0.3 is 0 Å². The number of nitrogens with zero attached hydrogens (tertiary/aromatic N) is 1. The second kappa shape index (κ2) is 9.52. The summed E-state index contributed by atoms with van der Waals surface area (Å²) >= 11 is 1.21. The normalized spacial score (nSPS) is 10.9. The van der Waals surface area contributed by atoms with Gasteiger partial charge in [0.25, 0.3) is 5.56 Å². The largest absolute Gasteiger partial charge is 0.326 e. The molecule has 3 aromatic rings. The highest BCUT2D eigenvalue weighted by atomic mass is 32.2. The zero-order chi connectivity index (χ0) is 20.8. The molecule has 2 aromatic carbocycles. The van der Waals surface area contributed by atoms with E-state index in [0.717, 1.165) is 0 Å². The molecule has 0 spiro atoms. The van der Waals surface area contributed by atoms with Crippen LogP contribution in [-0.2, 0) is 17.0 Å². The minimum Gasteiger partial charge on any atom is -0.326 e. The van der Waals surface area contributed by atoms with Gasteiger partial charge in [0.2, 0.25) is 5.91 Å². The third-order valence-corrected chi connectivity index (χ3v) is 5.22. The fourth-order valence-corrected chi connectivity index (χ4v) is 3.61. The summed E-state index contributed by atoms with van der Waals surface area (Å²) in [6.45, 7) is 4.21. The Morgan fingerprint density at radius 2 is 1.90 bits per heavy atom. The Labute approximate surface area is 172 Å². The molecule has 0 bridgehead atoms. The number of H-pyrrole nitrogens is 1. The van der Waals surface area contributed by atoms with E-state index in [1.54, 1.807) is 18.2 Å². The molecule has 0 unspecified atom stereocenters. The lowest BCUT2D eigenvalue weighted by atomic mass is 10.0. The van der Waals surface area contributed by atoms with Gasteiger partial charge in [-0.3, -0.25) is 9.59 Å². The monoisotopic (exact) mass is 411 g/mol. The van der Waals surface area contributed by atoms with E-state index in [1.165, 1.54) is 29.5 Å². The van der Waals surface area contributed by atoms with Gasteiger partial charge in [-0.2, -0.15) is 0 Å². The summed E-state index contributed by atoms with van der Waals surface area (Å²) in [6.07, 6.45) is -0.0247. The number of carbonyl (C=O) groups is 1. The molecule has 2 N–H and O–H groups in total. The highest BCUT2D eigenvalue weighted by Gasteiger charge is 2.10. The number of aromatic nitrogens is 2. The van der Waals surface area contributed by atoms with Crippen LogP contribution in [0.1, 0.15) is 36.6 Å². The predicted molar refractivity (Wildman–Crippen MR) is 114 cm³/mol. The second-order valence-electron chi connectivity index (χ2n) is 6.92. The van der Waals surface area contributed by atoms with Crippen LogP contribution < -0.4 is 10.9 Å². The van der Waals surface area contributed by atoms with Crippen molar-refractivity contribution in [2.24, 2.45) is 0 Å². The number of benzene rings is 2. The molecule has 0 aliphatic carbocycles. The molecule has 3 rings (SSSR count). The van der Waals surface area contributed by atoms with Gasteiger partial charge in [0.15, 0.2) is 5.16 Å². The Balaban J connectivity index is 1.63. The average molecular weight is 412 g/mol. The third kappa shape index (κ3) is 6.02. The van der Waals surface area contributed by atoms with Gasteiger partial charge in [-0.25, -0.2) is 9.37 Å². The van der Waals surface area contributed by atoms with E-state index in [2.05, 4.69) is 29.1 Å². The zero-order valence-electron chi connectivity index (χ0n) is 16.2. The standard InChI is InChI=1S/C22H22FN3O2S/c1-14(2)15-7-9-17(10-8-15)24-20(27)11-18-12-21(28)26-22(25-18)29-13-16-5-3-4-6-19(16)23/h3-10,12,14H,11,13H2,1-2H3,(H,24,27)(H,25,26,28). The van der Waals surface area contributed by atoms with Gasteiger partial charge in [-0.15, -0.1) is 0 Å². The molecule has 29 heavy (non-hydrogen) atoms. The first-order valence-corrected chi connectivity index (χ1v) is 10.3. The third-order valence-electron chi connectivity index (χ3n) is 4.30. The smallest absolute Gasteiger partial charge is 0.251 e. The fourth-order valence-electron chi connectivity index (χ4n) is 2.72. The van der Waals surface area contributed by atoms with Crippen molar-refractivity contribution in [2.45, 2.75) is 37.1 Å². The van der Waals surface area contributed by atoms with Crippen molar-refractivity contribution in [1.29, 1.82) is 0 Å². The Morgan fingerprint density at radius 1 is 1.17 bits per heavy atom. The van der Waals surface area contributed by atoms with Gasteiger partial charge < -0.3 is 10.3 Å². The average Bonchev–Trinajstić information content (AvgIpc) is 2.67. The van der Waals surface area contributed by atoms with Crippen molar-refractivity contribution < 1.29 is 9.18 Å². The number of rotatable bonds is 7. The molecule has 1 heterocycles. The predicted octanol–water partition coefficient (Wildman–Crippen LogP) is 4.51. The number of hydrogen-bond donors (Lipinski definition) is 2. The van der Waals surface area contributed by atoms with E-state index in [1.807, 2.05) is 24.3 Å². The summed E-state index contributed by atoms with van der Waals surface area (Å²) in [5.41, 5.74) is 2.42. The number of carbonyl (C=O) groups excluding carboxylic acids is 1. The first kappa shape index (κ1) is 20.8. The van der Waals surface area contributed by atoms with Gasteiger partial charge in [0.05, 0.1) is 12.1 Å². The van der Waals surface area contributed by atoms with Crippen molar-refractivity contribution >= 4 is 23.4 Å². The van der Waals surface area contributed by atoms with E-state index in [9.17, 15) is 14.0 Å². The summed E-state index contributed by atoms with van der Waals surface area (Å²) in [5.74, 6) is 0.181. The molecular weight excluding hydrogens is 389 g/mol. The second-order valence-corrected chi connectivity index (χ2v) is 7.89. The first-order valence-electron chi connectivity index (χ1n) is 9.27. The number of aromatic amines is 1. The van der Waals surface area contributed by atoms with Crippen LogP contribution in [0, 0.1) is 5.82 Å². The number of anilines is 1. The Morgan fingerprint density at radius 3 is 2.59 bits per heavy atom. The van der Waals surface area contributed by atoms with Crippen LogP contribution in [0.2, 0.25) is 0 Å². The molecule has 1 amide bonds. The lowest BCUT2D eigenvalue weighted by Gasteiger charge is -2.09. The van der Waals surface area contributed by atoms with Crippen LogP contribution in [0.15, 0.2) is 64.5 Å². The zero-order valence-corrected chi connectivity index (χ0v) is 17.1. The van der Waals surface area contributed by atoms with Crippen molar-refractivity contribution in [3.05, 3.63) is 87.6 Å². The van der Waals surface area contributed by atoms with E-state index >= 15 is 0 Å². The molecule has 5 nitrogen and oxygen atoms in total. The Hall–Kier alpha value is -2.93. The highest BCUT2D eigenvalue weighted by molar-refractivity contribution is 7.98. The lowest BCUT2D eigenvalue weighted by molar-refractivity contribution is -0.115. The molecule has 150 valence electrons. The molecule has 0 atom stereocenters. The lowest BCUT2D eigenvalue weighted by Crippen LogP contribution is -2.18. The molecule has 0 saturated carbocycles. The maximum Gasteiger partial charge on any atom is 0.251 e. The maximum atomic E-state index is 13.7. The molecular formula is C22H22FN3O2S. The van der Waals surface area contributed by atoms with E-state index in [-0.39, 0.29) is 23.7 Å². The number of halogens is 1. The van der Waals surface area contributed by atoms with Crippen LogP contribution in [0.5, 0.6) is 0 Å². The fraction of sp³-hybridized carbons (Fsp3) is 0.227. The number of amides is 1. The SMILES string of the molecule is CC(C)c1ccc(NC(=O)Cc2cc(=O)[nH]c(SCc3ccccc3F)n2)cc1. The Bertz CT molecular complexity index is 1050. The minimum atomic E-state index is -0.347. The van der Waals surface area contributed by atoms with E-state index in [4.69, 9.17) is 0 Å². The van der Waals surface area contributed by atoms with Crippen LogP contribution in [-0.4, -0.2) is 15.9 Å². The molecule has 0 fully saturated rings. The number of nitrogens with one attached hydrogen (secondary N) is 2. The summed E-state index contributed by atoms with van der Waals surface area (Å²) in [4.78, 5) is 31.2. The topological polar surface area (TPSA) is 74.8 Å². The minimum absolute atomic E-state index is 0.0247. The van der Waals surface area contributed by atoms with Crippen molar-refractivity contribution in [3.63, 3.8) is 0 Å². The molecule has 1 aromatic heterocycles. The Kier molecular flexibility index (Phi) is 6.82. The molecule has 7 heteroatoms. The van der Waals surface area contributed by atoms with Gasteiger partial charge in [-0.05, 0) is 35.2 Å². The van der Waals surface area contributed by atoms with Crippen molar-refractivity contribution in [1.82, 2.24) is 9.97 Å². The highest BCUT2D eigenvalue weighted by Crippen LogP contribution is 2.21. The van der Waals surface area contributed by atoms with Crippen LogP contribution in [0.3, 0.4) is 0 Å². The van der Waals surface area contributed by atoms with Crippen molar-refractivity contribution in [3.8, 4) is 0 Å². The first-order chi connectivity index (χ1) is 13.9. The van der Waals surface area contributed by atoms with Gasteiger partial charge in [0.1, 0.15) is 5.82 Å².